The molecular formula is C14H14ClNO4. The Labute approximate surface area is 122 Å². The molecule has 0 saturated carbocycles. The van der Waals surface area contributed by atoms with E-state index in [0.29, 0.717) is 5.39 Å². The molecule has 20 heavy (non-hydrogen) atoms. The highest BCUT2D eigenvalue weighted by molar-refractivity contribution is 6.10. The third-order valence-electron chi connectivity index (χ3n) is 2.60. The Morgan fingerprint density at radius 2 is 1.85 bits per heavy atom. The summed E-state index contributed by atoms with van der Waals surface area (Å²) in [4.78, 5) is 23.1. The van der Waals surface area contributed by atoms with Crippen LogP contribution in [0.4, 0.5) is 10.5 Å². The average molecular weight is 296 g/mol. The van der Waals surface area contributed by atoms with E-state index in [0.717, 1.165) is 5.39 Å². The molecule has 0 amide bonds. The number of rotatable bonds is 2. The third kappa shape index (κ3) is 3.19. The second kappa shape index (κ2) is 6.77. The molecule has 6 heteroatoms. The number of ether oxygens (including phenoxy) is 2. The van der Waals surface area contributed by atoms with Gasteiger partial charge in [0.25, 0.3) is 0 Å². The Morgan fingerprint density at radius 3 is 2.55 bits per heavy atom. The molecule has 0 unspecified atom stereocenters. The molecule has 0 atom stereocenters. The zero-order valence-corrected chi connectivity index (χ0v) is 11.6. The lowest BCUT2D eigenvalue weighted by Gasteiger charge is -2.08. The molecule has 0 aliphatic rings. The Morgan fingerprint density at radius 1 is 1.15 bits per heavy atom. The molecule has 0 radical (unpaired) electrons. The second-order valence-corrected chi connectivity index (χ2v) is 3.82. The summed E-state index contributed by atoms with van der Waals surface area (Å²) in [6.07, 6.45) is -1.03. The smallest absolute Gasteiger partial charge is 0.434 e. The number of carbonyl (C=O) groups excluding carboxylic acids is 2. The van der Waals surface area contributed by atoms with Crippen LogP contribution in [0.15, 0.2) is 36.4 Å². The second-order valence-electron chi connectivity index (χ2n) is 3.82. The first-order valence-corrected chi connectivity index (χ1v) is 5.79. The fourth-order valence-electron chi connectivity index (χ4n) is 1.79. The summed E-state index contributed by atoms with van der Waals surface area (Å²) >= 11 is 0. The molecule has 5 nitrogen and oxygen atoms in total. The highest BCUT2D eigenvalue weighted by atomic mass is 35.5. The number of carbonyl (C=O) groups is 2. The summed E-state index contributed by atoms with van der Waals surface area (Å²) in [7, 11) is 0. The molecule has 0 spiro atoms. The van der Waals surface area contributed by atoms with Crippen molar-refractivity contribution in [3.05, 3.63) is 42.0 Å². The lowest BCUT2D eigenvalue weighted by molar-refractivity contribution is 0.0404. The molecule has 2 aromatic carbocycles. The van der Waals surface area contributed by atoms with Crippen molar-refractivity contribution in [3.63, 3.8) is 0 Å². The molecule has 0 bridgehead atoms. The Hall–Kier alpha value is -2.27. The van der Waals surface area contributed by atoms with Crippen LogP contribution in [0.25, 0.3) is 10.8 Å². The molecule has 0 aromatic heterocycles. The van der Waals surface area contributed by atoms with E-state index in [1.807, 2.05) is 12.1 Å². The fraction of sp³-hybridized carbons (Fsp3) is 0.143. The van der Waals surface area contributed by atoms with Crippen LogP contribution in [0, 0.1) is 0 Å². The standard InChI is InChI=1S/C14H13NO4.ClH/c1-2-18-14(17)19-13(16)12-10-6-4-3-5-9(10)7-8-11(12)15;/h3-8H,2,15H2,1H3;1H. The van der Waals surface area contributed by atoms with Crippen LogP contribution in [0.3, 0.4) is 0 Å². The predicted molar refractivity (Wildman–Crippen MR) is 78.0 cm³/mol. The molecule has 2 aromatic rings. The summed E-state index contributed by atoms with van der Waals surface area (Å²) in [6, 6.07) is 10.6. The Balaban J connectivity index is 0.00000200. The molecular weight excluding hydrogens is 282 g/mol. The molecule has 0 fully saturated rings. The van der Waals surface area contributed by atoms with Gasteiger partial charge in [-0.3, -0.25) is 0 Å². The fourth-order valence-corrected chi connectivity index (χ4v) is 1.79. The van der Waals surface area contributed by atoms with E-state index >= 15 is 0 Å². The number of anilines is 1. The van der Waals surface area contributed by atoms with Gasteiger partial charge in [0.05, 0.1) is 12.2 Å². The molecule has 2 N–H and O–H groups in total. The van der Waals surface area contributed by atoms with Gasteiger partial charge < -0.3 is 15.2 Å². The summed E-state index contributed by atoms with van der Waals surface area (Å²) in [5.74, 6) is -0.812. The van der Waals surface area contributed by atoms with Crippen molar-refractivity contribution >= 4 is 41.0 Å². The van der Waals surface area contributed by atoms with Crippen LogP contribution in [0.2, 0.25) is 0 Å². The zero-order chi connectivity index (χ0) is 13.8. The van der Waals surface area contributed by atoms with Gasteiger partial charge in [-0.25, -0.2) is 9.59 Å². The van der Waals surface area contributed by atoms with E-state index in [9.17, 15) is 9.59 Å². The van der Waals surface area contributed by atoms with Crippen molar-refractivity contribution in [2.75, 3.05) is 12.3 Å². The van der Waals surface area contributed by atoms with E-state index in [2.05, 4.69) is 9.47 Å². The van der Waals surface area contributed by atoms with Gasteiger partial charge in [0.2, 0.25) is 0 Å². The van der Waals surface area contributed by atoms with Crippen LogP contribution < -0.4 is 5.73 Å². The van der Waals surface area contributed by atoms with E-state index in [-0.39, 0.29) is 30.3 Å². The third-order valence-corrected chi connectivity index (χ3v) is 2.60. The molecule has 0 heterocycles. The van der Waals surface area contributed by atoms with Gasteiger partial charge in [-0.1, -0.05) is 30.3 Å². The van der Waals surface area contributed by atoms with Crippen LogP contribution in [-0.4, -0.2) is 18.7 Å². The van der Waals surface area contributed by atoms with Crippen molar-refractivity contribution in [2.24, 2.45) is 0 Å². The molecule has 0 saturated heterocycles. The van der Waals surface area contributed by atoms with Gasteiger partial charge in [-0.15, -0.1) is 12.4 Å². The van der Waals surface area contributed by atoms with Crippen LogP contribution in [0.5, 0.6) is 0 Å². The summed E-state index contributed by atoms with van der Waals surface area (Å²) in [5, 5.41) is 1.48. The zero-order valence-electron chi connectivity index (χ0n) is 10.8. The SMILES string of the molecule is CCOC(=O)OC(=O)c1c(N)ccc2ccccc12.Cl. The van der Waals surface area contributed by atoms with Gasteiger partial charge in [0.1, 0.15) is 0 Å². The van der Waals surface area contributed by atoms with Gasteiger partial charge in [-0.2, -0.15) is 0 Å². The minimum atomic E-state index is -1.03. The Kier molecular flexibility index (Phi) is 5.34. The van der Waals surface area contributed by atoms with E-state index < -0.39 is 12.1 Å². The maximum atomic E-state index is 12.0. The van der Waals surface area contributed by atoms with Crippen molar-refractivity contribution in [2.45, 2.75) is 6.92 Å². The van der Waals surface area contributed by atoms with Crippen molar-refractivity contribution < 1.29 is 19.1 Å². The monoisotopic (exact) mass is 295 g/mol. The summed E-state index contributed by atoms with van der Waals surface area (Å²) < 4.78 is 9.15. The van der Waals surface area contributed by atoms with Gasteiger partial charge in [0.15, 0.2) is 0 Å². The number of hydrogen-bond donors (Lipinski definition) is 1. The first-order chi connectivity index (χ1) is 9.13. The topological polar surface area (TPSA) is 78.6 Å². The lowest BCUT2D eigenvalue weighted by Crippen LogP contribution is -2.15. The van der Waals surface area contributed by atoms with Gasteiger partial charge >= 0.3 is 12.1 Å². The van der Waals surface area contributed by atoms with Crippen molar-refractivity contribution in [1.29, 1.82) is 0 Å². The van der Waals surface area contributed by atoms with E-state index in [4.69, 9.17) is 5.73 Å². The van der Waals surface area contributed by atoms with Gasteiger partial charge in [-0.05, 0) is 23.8 Å². The van der Waals surface area contributed by atoms with Crippen LogP contribution in [-0.2, 0) is 9.47 Å². The first kappa shape index (κ1) is 15.8. The molecule has 106 valence electrons. The predicted octanol–water partition coefficient (Wildman–Crippen LogP) is 3.16. The highest BCUT2D eigenvalue weighted by Crippen LogP contribution is 2.25. The minimum absolute atomic E-state index is 0. The molecule has 2 rings (SSSR count). The van der Waals surface area contributed by atoms with E-state index in [1.165, 1.54) is 0 Å². The normalized spacial score (nSPS) is 9.65. The molecule has 0 aliphatic heterocycles. The largest absolute Gasteiger partial charge is 0.516 e. The van der Waals surface area contributed by atoms with Crippen LogP contribution in [0.1, 0.15) is 17.3 Å². The quantitative estimate of drug-likeness (QED) is 0.523. The maximum absolute atomic E-state index is 12.0. The number of fused-ring (bicyclic) bond motifs is 1. The highest BCUT2D eigenvalue weighted by Gasteiger charge is 2.19. The number of benzene rings is 2. The van der Waals surface area contributed by atoms with Crippen molar-refractivity contribution in [3.8, 4) is 0 Å². The first-order valence-electron chi connectivity index (χ1n) is 5.79. The number of nitrogens with two attached hydrogens (primary N) is 1. The van der Waals surface area contributed by atoms with Crippen LogP contribution >= 0.6 is 12.4 Å². The minimum Gasteiger partial charge on any atom is -0.434 e. The lowest BCUT2D eigenvalue weighted by atomic mass is 10.0. The van der Waals surface area contributed by atoms with Gasteiger partial charge in [0, 0.05) is 5.69 Å². The maximum Gasteiger partial charge on any atom is 0.516 e. The number of halogens is 1. The number of esters is 1. The average Bonchev–Trinajstić information content (AvgIpc) is 2.38. The summed E-state index contributed by atoms with van der Waals surface area (Å²) in [5.41, 5.74) is 6.21. The number of nitrogen functional groups attached to an aromatic ring is 1. The van der Waals surface area contributed by atoms with Crippen molar-refractivity contribution in [1.82, 2.24) is 0 Å². The number of hydrogen-bond acceptors (Lipinski definition) is 5. The molecule has 0 aliphatic carbocycles. The van der Waals surface area contributed by atoms with E-state index in [1.54, 1.807) is 31.2 Å². The Bertz CT molecular complexity index is 642. The summed E-state index contributed by atoms with van der Waals surface area (Å²) in [6.45, 7) is 1.76.